The van der Waals surface area contributed by atoms with Crippen molar-refractivity contribution in [1.29, 1.82) is 0 Å². The van der Waals surface area contributed by atoms with Crippen molar-refractivity contribution >= 4 is 11.9 Å². The Morgan fingerprint density at radius 3 is 2.33 bits per heavy atom. The van der Waals surface area contributed by atoms with E-state index in [4.69, 9.17) is 4.74 Å². The lowest BCUT2D eigenvalue weighted by Gasteiger charge is -2.36. The standard InChI is InChI=1S/C15H25N3O3/c19-13-15(5-3-1-2-4-6-15)18(14(20)16-13)8-7-17-9-11-21-12-10-17/h1-12H2,(H,16,19,20). The SMILES string of the molecule is O=C1NC(=O)C2(CCCCCC2)N1CCN1CCOCC1. The van der Waals surface area contributed by atoms with Gasteiger partial charge in [-0.25, -0.2) is 4.79 Å². The molecular weight excluding hydrogens is 270 g/mol. The van der Waals surface area contributed by atoms with Crippen molar-refractivity contribution in [3.8, 4) is 0 Å². The molecule has 1 aliphatic carbocycles. The van der Waals surface area contributed by atoms with E-state index in [-0.39, 0.29) is 11.9 Å². The third-order valence-electron chi connectivity index (χ3n) is 5.08. The monoisotopic (exact) mass is 295 g/mol. The van der Waals surface area contributed by atoms with E-state index in [1.807, 2.05) is 4.90 Å². The van der Waals surface area contributed by atoms with Crippen LogP contribution in [0.2, 0.25) is 0 Å². The smallest absolute Gasteiger partial charge is 0.325 e. The maximum Gasteiger partial charge on any atom is 0.325 e. The number of amides is 3. The summed E-state index contributed by atoms with van der Waals surface area (Å²) < 4.78 is 5.35. The third-order valence-corrected chi connectivity index (χ3v) is 5.08. The first kappa shape index (κ1) is 14.8. The number of urea groups is 1. The first-order valence-electron chi connectivity index (χ1n) is 8.15. The van der Waals surface area contributed by atoms with Gasteiger partial charge in [0.15, 0.2) is 0 Å². The zero-order valence-electron chi connectivity index (χ0n) is 12.6. The van der Waals surface area contributed by atoms with E-state index in [0.717, 1.165) is 58.5 Å². The summed E-state index contributed by atoms with van der Waals surface area (Å²) in [4.78, 5) is 28.7. The van der Waals surface area contributed by atoms with Crippen molar-refractivity contribution in [3.05, 3.63) is 0 Å². The average Bonchev–Trinajstić information content (AvgIpc) is 2.67. The zero-order valence-corrected chi connectivity index (χ0v) is 12.6. The Hall–Kier alpha value is -1.14. The summed E-state index contributed by atoms with van der Waals surface area (Å²) in [5.74, 6) is -0.0728. The number of hydrogen-bond acceptors (Lipinski definition) is 4. The Morgan fingerprint density at radius 1 is 1.00 bits per heavy atom. The minimum atomic E-state index is -0.570. The highest BCUT2D eigenvalue weighted by atomic mass is 16.5. The first-order chi connectivity index (χ1) is 10.2. The van der Waals surface area contributed by atoms with Gasteiger partial charge in [-0.3, -0.25) is 15.0 Å². The Kier molecular flexibility index (Phi) is 4.45. The molecule has 3 aliphatic rings. The van der Waals surface area contributed by atoms with E-state index in [1.54, 1.807) is 0 Å². The van der Waals surface area contributed by atoms with Crippen molar-refractivity contribution in [3.63, 3.8) is 0 Å². The van der Waals surface area contributed by atoms with Gasteiger partial charge in [0.05, 0.1) is 13.2 Å². The van der Waals surface area contributed by atoms with Crippen LogP contribution in [-0.2, 0) is 9.53 Å². The topological polar surface area (TPSA) is 61.9 Å². The van der Waals surface area contributed by atoms with Gasteiger partial charge in [-0.15, -0.1) is 0 Å². The van der Waals surface area contributed by atoms with Gasteiger partial charge in [0, 0.05) is 26.2 Å². The fraction of sp³-hybridized carbons (Fsp3) is 0.867. The fourth-order valence-corrected chi connectivity index (χ4v) is 3.79. The lowest BCUT2D eigenvalue weighted by atomic mass is 9.88. The van der Waals surface area contributed by atoms with Crippen LogP contribution in [0, 0.1) is 0 Å². The summed E-state index contributed by atoms with van der Waals surface area (Å²) in [6.07, 6.45) is 6.03. The number of morpholine rings is 1. The summed E-state index contributed by atoms with van der Waals surface area (Å²) in [6.45, 7) is 4.81. The Bertz CT molecular complexity index is 399. The van der Waals surface area contributed by atoms with Crippen LogP contribution < -0.4 is 5.32 Å². The quantitative estimate of drug-likeness (QED) is 0.788. The summed E-state index contributed by atoms with van der Waals surface area (Å²) in [5.41, 5.74) is -0.570. The van der Waals surface area contributed by atoms with Crippen molar-refractivity contribution in [2.24, 2.45) is 0 Å². The number of hydrogen-bond donors (Lipinski definition) is 1. The van der Waals surface area contributed by atoms with Gasteiger partial charge in [-0.2, -0.15) is 0 Å². The van der Waals surface area contributed by atoms with E-state index >= 15 is 0 Å². The van der Waals surface area contributed by atoms with Crippen LogP contribution in [0.1, 0.15) is 38.5 Å². The second-order valence-corrected chi connectivity index (χ2v) is 6.31. The predicted molar refractivity (Wildman–Crippen MR) is 77.9 cm³/mol. The molecule has 6 heteroatoms. The van der Waals surface area contributed by atoms with Crippen LogP contribution >= 0.6 is 0 Å². The maximum atomic E-state index is 12.4. The number of nitrogens with zero attached hydrogens (tertiary/aromatic N) is 2. The van der Waals surface area contributed by atoms with Crippen LogP contribution in [0.15, 0.2) is 0 Å². The van der Waals surface area contributed by atoms with Crippen molar-refractivity contribution in [2.75, 3.05) is 39.4 Å². The molecule has 0 atom stereocenters. The van der Waals surface area contributed by atoms with Gasteiger partial charge in [0.1, 0.15) is 5.54 Å². The molecule has 21 heavy (non-hydrogen) atoms. The molecule has 2 saturated heterocycles. The molecule has 2 heterocycles. The molecule has 3 fully saturated rings. The minimum Gasteiger partial charge on any atom is -0.379 e. The highest BCUT2D eigenvalue weighted by molar-refractivity contribution is 6.07. The van der Waals surface area contributed by atoms with Crippen molar-refractivity contribution in [2.45, 2.75) is 44.1 Å². The van der Waals surface area contributed by atoms with Gasteiger partial charge in [-0.05, 0) is 12.8 Å². The van der Waals surface area contributed by atoms with Gasteiger partial charge in [0.2, 0.25) is 0 Å². The summed E-state index contributed by atoms with van der Waals surface area (Å²) in [6, 6.07) is -0.199. The zero-order chi connectivity index (χ0) is 14.7. The third kappa shape index (κ3) is 2.92. The van der Waals surface area contributed by atoms with Gasteiger partial charge >= 0.3 is 6.03 Å². The average molecular weight is 295 g/mol. The molecule has 1 saturated carbocycles. The highest BCUT2D eigenvalue weighted by Gasteiger charge is 2.52. The molecule has 0 bridgehead atoms. The lowest BCUT2D eigenvalue weighted by molar-refractivity contribution is -0.127. The van der Waals surface area contributed by atoms with Crippen LogP contribution in [-0.4, -0.2) is 66.7 Å². The van der Waals surface area contributed by atoms with Gasteiger partial charge < -0.3 is 9.64 Å². The molecule has 3 rings (SSSR count). The molecule has 0 radical (unpaired) electrons. The summed E-state index contributed by atoms with van der Waals surface area (Å²) in [7, 11) is 0. The maximum absolute atomic E-state index is 12.4. The van der Waals surface area contributed by atoms with Crippen molar-refractivity contribution < 1.29 is 14.3 Å². The molecule has 0 aromatic heterocycles. The van der Waals surface area contributed by atoms with Crippen LogP contribution in [0.4, 0.5) is 4.79 Å². The second kappa shape index (κ2) is 6.32. The Balaban J connectivity index is 1.67. The molecule has 0 aromatic rings. The van der Waals surface area contributed by atoms with E-state index < -0.39 is 5.54 Å². The van der Waals surface area contributed by atoms with E-state index in [9.17, 15) is 9.59 Å². The number of carbonyl (C=O) groups excluding carboxylic acids is 2. The highest BCUT2D eigenvalue weighted by Crippen LogP contribution is 2.35. The summed E-state index contributed by atoms with van der Waals surface area (Å²) >= 11 is 0. The van der Waals surface area contributed by atoms with Crippen LogP contribution in [0.25, 0.3) is 0 Å². The predicted octanol–water partition coefficient (Wildman–Crippen LogP) is 0.963. The van der Waals surface area contributed by atoms with Crippen LogP contribution in [0.3, 0.4) is 0 Å². The number of imide groups is 1. The first-order valence-corrected chi connectivity index (χ1v) is 8.15. The lowest BCUT2D eigenvalue weighted by Crippen LogP contribution is -2.52. The molecule has 6 nitrogen and oxygen atoms in total. The molecule has 118 valence electrons. The van der Waals surface area contributed by atoms with E-state index in [0.29, 0.717) is 6.54 Å². The summed E-state index contributed by atoms with van der Waals surface area (Å²) in [5, 5.41) is 2.55. The number of rotatable bonds is 3. The molecule has 2 aliphatic heterocycles. The van der Waals surface area contributed by atoms with Crippen LogP contribution in [0.5, 0.6) is 0 Å². The normalized spacial score (nSPS) is 27.0. The van der Waals surface area contributed by atoms with E-state index in [2.05, 4.69) is 10.2 Å². The molecule has 1 N–H and O–H groups in total. The largest absolute Gasteiger partial charge is 0.379 e. The van der Waals surface area contributed by atoms with Gasteiger partial charge in [0.25, 0.3) is 5.91 Å². The number of nitrogens with one attached hydrogen (secondary N) is 1. The Morgan fingerprint density at radius 2 is 1.67 bits per heavy atom. The number of carbonyl (C=O) groups is 2. The van der Waals surface area contributed by atoms with E-state index in [1.165, 1.54) is 12.8 Å². The van der Waals surface area contributed by atoms with Crippen molar-refractivity contribution in [1.82, 2.24) is 15.1 Å². The molecule has 0 aromatic carbocycles. The number of ether oxygens (including phenoxy) is 1. The fourth-order valence-electron chi connectivity index (χ4n) is 3.79. The second-order valence-electron chi connectivity index (χ2n) is 6.31. The molecule has 0 unspecified atom stereocenters. The molecule has 3 amide bonds. The molecule has 1 spiro atoms. The molecular formula is C15H25N3O3. The van der Waals surface area contributed by atoms with Gasteiger partial charge in [-0.1, -0.05) is 25.7 Å². The Labute approximate surface area is 125 Å². The minimum absolute atomic E-state index is 0.0728.